The summed E-state index contributed by atoms with van der Waals surface area (Å²) in [5.41, 5.74) is 3.10. The van der Waals surface area contributed by atoms with Gasteiger partial charge in [-0.1, -0.05) is 48.0 Å². The van der Waals surface area contributed by atoms with Crippen LogP contribution in [0.5, 0.6) is 0 Å². The van der Waals surface area contributed by atoms with Crippen molar-refractivity contribution in [1.82, 2.24) is 0 Å². The monoisotopic (exact) mass is 283 g/mol. The van der Waals surface area contributed by atoms with Crippen molar-refractivity contribution >= 4 is 29.3 Å². The number of anilines is 1. The second-order valence-electron chi connectivity index (χ2n) is 4.72. The highest BCUT2D eigenvalue weighted by molar-refractivity contribution is 6.32. The minimum absolute atomic E-state index is 0.00475. The van der Waals surface area contributed by atoms with Crippen LogP contribution < -0.4 is 4.90 Å². The van der Waals surface area contributed by atoms with Gasteiger partial charge in [-0.3, -0.25) is 4.79 Å². The number of amides is 1. The van der Waals surface area contributed by atoms with Crippen molar-refractivity contribution in [2.45, 2.75) is 6.42 Å². The summed E-state index contributed by atoms with van der Waals surface area (Å²) in [5, 5.41) is 0.651. The Kier molecular flexibility index (Phi) is 3.57. The van der Waals surface area contributed by atoms with E-state index in [9.17, 15) is 4.79 Å². The molecule has 1 amide bonds. The zero-order chi connectivity index (χ0) is 13.9. The molecule has 2 nitrogen and oxygen atoms in total. The molecule has 0 fully saturated rings. The van der Waals surface area contributed by atoms with Crippen LogP contribution in [0.1, 0.15) is 11.1 Å². The third kappa shape index (κ3) is 2.47. The van der Waals surface area contributed by atoms with Gasteiger partial charge in [-0.05, 0) is 35.8 Å². The minimum atomic E-state index is -0.00475. The van der Waals surface area contributed by atoms with Crippen LogP contribution in [0.3, 0.4) is 0 Å². The minimum Gasteiger partial charge on any atom is -0.308 e. The van der Waals surface area contributed by atoms with Crippen LogP contribution in [0, 0.1) is 0 Å². The van der Waals surface area contributed by atoms with Crippen molar-refractivity contribution in [3.8, 4) is 0 Å². The Morgan fingerprint density at radius 1 is 1.10 bits per heavy atom. The van der Waals surface area contributed by atoms with Crippen molar-refractivity contribution in [3.63, 3.8) is 0 Å². The van der Waals surface area contributed by atoms with E-state index in [2.05, 4.69) is 6.07 Å². The first-order chi connectivity index (χ1) is 9.75. The van der Waals surface area contributed by atoms with E-state index in [1.807, 2.05) is 47.4 Å². The molecular weight excluding hydrogens is 270 g/mol. The molecule has 3 rings (SSSR count). The van der Waals surface area contributed by atoms with E-state index in [4.69, 9.17) is 11.6 Å². The van der Waals surface area contributed by atoms with Gasteiger partial charge in [0.1, 0.15) is 0 Å². The Morgan fingerprint density at radius 2 is 1.85 bits per heavy atom. The van der Waals surface area contributed by atoms with Gasteiger partial charge in [-0.25, -0.2) is 0 Å². The first-order valence-electron chi connectivity index (χ1n) is 6.58. The Balaban J connectivity index is 1.80. The number of rotatable bonds is 2. The second-order valence-corrected chi connectivity index (χ2v) is 5.13. The average molecular weight is 284 g/mol. The SMILES string of the molecule is O=C(C=Cc1ccccc1Cl)N1CCc2ccccc21. The number of benzene rings is 2. The Morgan fingerprint density at radius 3 is 2.70 bits per heavy atom. The van der Waals surface area contributed by atoms with Gasteiger partial charge in [0.05, 0.1) is 0 Å². The lowest BCUT2D eigenvalue weighted by Gasteiger charge is -2.14. The summed E-state index contributed by atoms with van der Waals surface area (Å²) in [5.74, 6) is -0.00475. The normalized spacial score (nSPS) is 13.8. The zero-order valence-corrected chi connectivity index (χ0v) is 11.7. The van der Waals surface area contributed by atoms with Crippen molar-refractivity contribution < 1.29 is 4.79 Å². The molecule has 0 N–H and O–H groups in total. The van der Waals surface area contributed by atoms with Crippen LogP contribution >= 0.6 is 11.6 Å². The van der Waals surface area contributed by atoms with E-state index in [0.717, 1.165) is 24.2 Å². The quantitative estimate of drug-likeness (QED) is 0.765. The molecule has 2 aromatic rings. The maximum Gasteiger partial charge on any atom is 0.251 e. The molecule has 2 aromatic carbocycles. The van der Waals surface area contributed by atoms with Crippen LogP contribution in [0.25, 0.3) is 6.08 Å². The van der Waals surface area contributed by atoms with Gasteiger partial charge in [-0.2, -0.15) is 0 Å². The smallest absolute Gasteiger partial charge is 0.251 e. The molecule has 1 aliphatic heterocycles. The van der Waals surface area contributed by atoms with E-state index < -0.39 is 0 Å². The van der Waals surface area contributed by atoms with Gasteiger partial charge >= 0.3 is 0 Å². The Hall–Kier alpha value is -2.06. The first kappa shape index (κ1) is 12.9. The maximum absolute atomic E-state index is 12.3. The molecule has 1 aliphatic rings. The van der Waals surface area contributed by atoms with Crippen molar-refractivity contribution in [3.05, 3.63) is 70.8 Å². The van der Waals surface area contributed by atoms with Crippen LogP contribution in [-0.2, 0) is 11.2 Å². The van der Waals surface area contributed by atoms with E-state index in [-0.39, 0.29) is 5.91 Å². The summed E-state index contributed by atoms with van der Waals surface area (Å²) in [6.07, 6.45) is 4.27. The molecule has 1 heterocycles. The highest BCUT2D eigenvalue weighted by Crippen LogP contribution is 2.27. The number of nitrogens with zero attached hydrogens (tertiary/aromatic N) is 1. The second kappa shape index (κ2) is 5.51. The number of hydrogen-bond acceptors (Lipinski definition) is 1. The molecular formula is C17H14ClNO. The fraction of sp³-hybridized carbons (Fsp3) is 0.118. The zero-order valence-electron chi connectivity index (χ0n) is 10.9. The predicted octanol–water partition coefficient (Wildman–Crippen LogP) is 3.94. The average Bonchev–Trinajstić information content (AvgIpc) is 2.90. The number of para-hydroxylation sites is 1. The molecule has 0 atom stereocenters. The van der Waals surface area contributed by atoms with Crippen LogP contribution in [-0.4, -0.2) is 12.5 Å². The predicted molar refractivity (Wildman–Crippen MR) is 83.0 cm³/mol. The van der Waals surface area contributed by atoms with E-state index in [1.165, 1.54) is 5.56 Å². The van der Waals surface area contributed by atoms with E-state index >= 15 is 0 Å². The van der Waals surface area contributed by atoms with Crippen molar-refractivity contribution in [2.75, 3.05) is 11.4 Å². The largest absolute Gasteiger partial charge is 0.308 e. The molecule has 0 saturated heterocycles. The standard InChI is InChI=1S/C17H14ClNO/c18-15-7-3-1-5-13(15)9-10-17(20)19-12-11-14-6-2-4-8-16(14)19/h1-10H,11-12H2. The van der Waals surface area contributed by atoms with Gasteiger partial charge in [0, 0.05) is 23.3 Å². The molecule has 0 unspecified atom stereocenters. The first-order valence-corrected chi connectivity index (χ1v) is 6.95. The summed E-state index contributed by atoms with van der Waals surface area (Å²) >= 11 is 6.07. The lowest BCUT2D eigenvalue weighted by atomic mass is 10.2. The topological polar surface area (TPSA) is 20.3 Å². The van der Waals surface area contributed by atoms with Gasteiger partial charge in [0.15, 0.2) is 0 Å². The summed E-state index contributed by atoms with van der Waals surface area (Å²) in [7, 11) is 0. The highest BCUT2D eigenvalue weighted by Gasteiger charge is 2.22. The number of carbonyl (C=O) groups excluding carboxylic acids is 1. The van der Waals surface area contributed by atoms with Gasteiger partial charge in [0.2, 0.25) is 0 Å². The molecule has 0 saturated carbocycles. The van der Waals surface area contributed by atoms with Gasteiger partial charge in [0.25, 0.3) is 5.91 Å². The van der Waals surface area contributed by atoms with Crippen LogP contribution in [0.15, 0.2) is 54.6 Å². The number of hydrogen-bond donors (Lipinski definition) is 0. The van der Waals surface area contributed by atoms with Crippen molar-refractivity contribution in [2.24, 2.45) is 0 Å². The maximum atomic E-state index is 12.3. The lowest BCUT2D eigenvalue weighted by Crippen LogP contribution is -2.26. The van der Waals surface area contributed by atoms with Gasteiger partial charge in [-0.15, -0.1) is 0 Å². The molecule has 0 aliphatic carbocycles. The molecule has 0 radical (unpaired) electrons. The Bertz CT molecular complexity index is 678. The molecule has 3 heteroatoms. The number of fused-ring (bicyclic) bond motifs is 1. The number of carbonyl (C=O) groups is 1. The van der Waals surface area contributed by atoms with E-state index in [1.54, 1.807) is 12.2 Å². The lowest BCUT2D eigenvalue weighted by molar-refractivity contribution is -0.114. The summed E-state index contributed by atoms with van der Waals surface area (Å²) < 4.78 is 0. The van der Waals surface area contributed by atoms with Crippen LogP contribution in [0.2, 0.25) is 5.02 Å². The molecule has 0 bridgehead atoms. The molecule has 0 aromatic heterocycles. The third-order valence-corrected chi connectivity index (χ3v) is 3.81. The fourth-order valence-corrected chi connectivity index (χ4v) is 2.63. The van der Waals surface area contributed by atoms with Crippen LogP contribution in [0.4, 0.5) is 5.69 Å². The van der Waals surface area contributed by atoms with Gasteiger partial charge < -0.3 is 4.90 Å². The third-order valence-electron chi connectivity index (χ3n) is 3.46. The summed E-state index contributed by atoms with van der Waals surface area (Å²) in [6, 6.07) is 15.5. The Labute approximate surface area is 123 Å². The summed E-state index contributed by atoms with van der Waals surface area (Å²) in [4.78, 5) is 14.1. The fourth-order valence-electron chi connectivity index (χ4n) is 2.43. The molecule has 100 valence electrons. The summed E-state index contributed by atoms with van der Waals surface area (Å²) in [6.45, 7) is 0.741. The molecule has 20 heavy (non-hydrogen) atoms. The highest BCUT2D eigenvalue weighted by atomic mass is 35.5. The van der Waals surface area contributed by atoms with Crippen molar-refractivity contribution in [1.29, 1.82) is 0 Å². The molecule has 0 spiro atoms. The number of halogens is 1. The van der Waals surface area contributed by atoms with E-state index in [0.29, 0.717) is 5.02 Å².